The van der Waals surface area contributed by atoms with Crippen LogP contribution in [0, 0.1) is 0 Å². The second-order valence-corrected chi connectivity index (χ2v) is 7.62. The molecule has 2 aliphatic rings. The van der Waals surface area contributed by atoms with E-state index >= 15 is 0 Å². The number of pyridine rings is 1. The zero-order valence-corrected chi connectivity index (χ0v) is 16.5. The van der Waals surface area contributed by atoms with Gasteiger partial charge >= 0.3 is 6.09 Å². The highest BCUT2D eigenvalue weighted by Gasteiger charge is 2.37. The van der Waals surface area contributed by atoms with E-state index in [0.29, 0.717) is 35.4 Å². The lowest BCUT2D eigenvalue weighted by atomic mass is 10.1. The Balaban J connectivity index is 1.44. The number of ether oxygens (including phenoxy) is 1. The Hall–Kier alpha value is -3.94. The highest BCUT2D eigenvalue weighted by Crippen LogP contribution is 2.33. The SMILES string of the molecule is O=C(O)N1CCC[C@H](Oc2ccc3c(N4C(=O)c5ccccc5C4=O)nccc3c2)C1. The molecule has 5 rings (SSSR count). The van der Waals surface area contributed by atoms with Crippen LogP contribution in [0.5, 0.6) is 5.75 Å². The van der Waals surface area contributed by atoms with Crippen LogP contribution in [0.3, 0.4) is 0 Å². The van der Waals surface area contributed by atoms with E-state index in [1.807, 2.05) is 6.07 Å². The van der Waals surface area contributed by atoms with Crippen LogP contribution in [0.4, 0.5) is 10.6 Å². The number of carbonyl (C=O) groups excluding carboxylic acids is 2. The number of amides is 3. The molecule has 156 valence electrons. The quantitative estimate of drug-likeness (QED) is 0.654. The van der Waals surface area contributed by atoms with Gasteiger partial charge in [0.25, 0.3) is 11.8 Å². The normalized spacial score (nSPS) is 18.4. The molecule has 8 heteroatoms. The zero-order chi connectivity index (χ0) is 21.5. The third-order valence-electron chi connectivity index (χ3n) is 5.67. The van der Waals surface area contributed by atoms with Gasteiger partial charge in [0.15, 0.2) is 5.82 Å². The average molecular weight is 417 g/mol. The number of fused-ring (bicyclic) bond motifs is 2. The van der Waals surface area contributed by atoms with Crippen molar-refractivity contribution in [3.05, 3.63) is 65.9 Å². The maximum absolute atomic E-state index is 12.9. The number of aromatic nitrogens is 1. The van der Waals surface area contributed by atoms with Gasteiger partial charge in [0.2, 0.25) is 0 Å². The fourth-order valence-electron chi connectivity index (χ4n) is 4.17. The van der Waals surface area contributed by atoms with Crippen molar-refractivity contribution in [3.63, 3.8) is 0 Å². The Labute approximate surface area is 177 Å². The summed E-state index contributed by atoms with van der Waals surface area (Å²) in [4.78, 5) is 43.7. The van der Waals surface area contributed by atoms with Gasteiger partial charge in [-0.15, -0.1) is 0 Å². The lowest BCUT2D eigenvalue weighted by molar-refractivity contribution is 0.0792. The number of rotatable bonds is 3. The van der Waals surface area contributed by atoms with Crippen molar-refractivity contribution in [1.82, 2.24) is 9.88 Å². The highest BCUT2D eigenvalue weighted by molar-refractivity contribution is 6.35. The molecule has 8 nitrogen and oxygen atoms in total. The van der Waals surface area contributed by atoms with Crippen LogP contribution in [-0.4, -0.2) is 52.1 Å². The number of likely N-dealkylation sites (tertiary alicyclic amines) is 1. The molecule has 1 atom stereocenters. The summed E-state index contributed by atoms with van der Waals surface area (Å²) in [5, 5.41) is 10.6. The van der Waals surface area contributed by atoms with Gasteiger partial charge in [0.1, 0.15) is 11.9 Å². The number of piperidine rings is 1. The second-order valence-electron chi connectivity index (χ2n) is 7.62. The zero-order valence-electron chi connectivity index (χ0n) is 16.5. The van der Waals surface area contributed by atoms with E-state index in [2.05, 4.69) is 4.98 Å². The standard InChI is InChI=1S/C23H19N3O5/c27-21-18-5-1-2-6-19(18)22(28)26(21)20-17-8-7-15(12-14(17)9-10-24-20)31-16-4-3-11-25(13-16)23(29)30/h1-2,5-10,12,16H,3-4,11,13H2,(H,29,30)/t16-/m0/s1. The first kappa shape index (κ1) is 19.0. The molecule has 2 aromatic carbocycles. The van der Waals surface area contributed by atoms with E-state index in [4.69, 9.17) is 4.74 Å². The molecule has 1 saturated heterocycles. The van der Waals surface area contributed by atoms with Crippen LogP contribution >= 0.6 is 0 Å². The van der Waals surface area contributed by atoms with Crippen LogP contribution in [0.2, 0.25) is 0 Å². The molecule has 0 spiro atoms. The number of nitrogens with zero attached hydrogens (tertiary/aromatic N) is 3. The first-order chi connectivity index (χ1) is 15.0. The summed E-state index contributed by atoms with van der Waals surface area (Å²) < 4.78 is 6.03. The molecule has 2 aliphatic heterocycles. The van der Waals surface area contributed by atoms with E-state index < -0.39 is 17.9 Å². The average Bonchev–Trinajstić information content (AvgIpc) is 3.03. The van der Waals surface area contributed by atoms with Crippen molar-refractivity contribution in [2.45, 2.75) is 18.9 Å². The molecule has 0 unspecified atom stereocenters. The van der Waals surface area contributed by atoms with Crippen molar-refractivity contribution in [2.24, 2.45) is 0 Å². The highest BCUT2D eigenvalue weighted by atomic mass is 16.5. The molecular formula is C23H19N3O5. The number of hydrogen-bond donors (Lipinski definition) is 1. The molecule has 1 N–H and O–H groups in total. The minimum absolute atomic E-state index is 0.222. The Morgan fingerprint density at radius 1 is 1.06 bits per heavy atom. The fraction of sp³-hybridized carbons (Fsp3) is 0.217. The lowest BCUT2D eigenvalue weighted by Gasteiger charge is -2.31. The molecule has 0 saturated carbocycles. The molecule has 1 aromatic heterocycles. The van der Waals surface area contributed by atoms with E-state index in [1.54, 1.807) is 48.7 Å². The monoisotopic (exact) mass is 417 g/mol. The summed E-state index contributed by atoms with van der Waals surface area (Å²) in [6.07, 6.45) is 1.91. The second kappa shape index (κ2) is 7.39. The largest absolute Gasteiger partial charge is 0.489 e. The van der Waals surface area contributed by atoms with Gasteiger partial charge in [-0.1, -0.05) is 12.1 Å². The number of benzene rings is 2. The van der Waals surface area contributed by atoms with Crippen molar-refractivity contribution in [1.29, 1.82) is 0 Å². The predicted octanol–water partition coefficient (Wildman–Crippen LogP) is 3.56. The summed E-state index contributed by atoms with van der Waals surface area (Å²) in [6, 6.07) is 13.9. The van der Waals surface area contributed by atoms with E-state index in [9.17, 15) is 19.5 Å². The maximum atomic E-state index is 12.9. The molecule has 31 heavy (non-hydrogen) atoms. The summed E-state index contributed by atoms with van der Waals surface area (Å²) in [5.41, 5.74) is 0.734. The van der Waals surface area contributed by atoms with E-state index in [0.717, 1.165) is 23.1 Å². The van der Waals surface area contributed by atoms with Crippen molar-refractivity contribution in [2.75, 3.05) is 18.0 Å². The van der Waals surface area contributed by atoms with Crippen molar-refractivity contribution < 1.29 is 24.2 Å². The summed E-state index contributed by atoms with van der Waals surface area (Å²) in [5.74, 6) is 0.100. The molecule has 3 amide bonds. The molecular weight excluding hydrogens is 398 g/mol. The van der Waals surface area contributed by atoms with Gasteiger partial charge < -0.3 is 14.7 Å². The fourth-order valence-corrected chi connectivity index (χ4v) is 4.17. The summed E-state index contributed by atoms with van der Waals surface area (Å²) in [6.45, 7) is 0.840. The van der Waals surface area contributed by atoms with Crippen LogP contribution in [-0.2, 0) is 0 Å². The Bertz CT molecular complexity index is 1190. The molecule has 0 aliphatic carbocycles. The Morgan fingerprint density at radius 3 is 2.52 bits per heavy atom. The lowest BCUT2D eigenvalue weighted by Crippen LogP contribution is -2.43. The number of anilines is 1. The first-order valence-corrected chi connectivity index (χ1v) is 10.0. The summed E-state index contributed by atoms with van der Waals surface area (Å²) >= 11 is 0. The maximum Gasteiger partial charge on any atom is 0.407 e. The molecule has 3 heterocycles. The van der Waals surface area contributed by atoms with Gasteiger partial charge in [0, 0.05) is 18.1 Å². The predicted molar refractivity (Wildman–Crippen MR) is 113 cm³/mol. The number of imide groups is 1. The van der Waals surface area contributed by atoms with Crippen molar-refractivity contribution >= 4 is 34.5 Å². The molecule has 0 radical (unpaired) electrons. The van der Waals surface area contributed by atoms with Crippen molar-refractivity contribution in [3.8, 4) is 5.75 Å². The smallest absolute Gasteiger partial charge is 0.407 e. The molecule has 1 fully saturated rings. The van der Waals surface area contributed by atoms with Crippen LogP contribution in [0.25, 0.3) is 10.8 Å². The third kappa shape index (κ3) is 3.26. The van der Waals surface area contributed by atoms with Crippen LogP contribution < -0.4 is 9.64 Å². The van der Waals surface area contributed by atoms with E-state index in [1.165, 1.54) is 4.90 Å². The number of hydrogen-bond acceptors (Lipinski definition) is 5. The third-order valence-corrected chi connectivity index (χ3v) is 5.67. The van der Waals surface area contributed by atoms with Gasteiger partial charge in [-0.3, -0.25) is 9.59 Å². The number of carbonyl (C=O) groups is 3. The van der Waals surface area contributed by atoms with Gasteiger partial charge in [-0.05, 0) is 54.6 Å². The van der Waals surface area contributed by atoms with Gasteiger partial charge in [-0.25, -0.2) is 14.7 Å². The number of carboxylic acid groups (broad SMARTS) is 1. The first-order valence-electron chi connectivity index (χ1n) is 10.0. The van der Waals surface area contributed by atoms with E-state index in [-0.39, 0.29) is 11.9 Å². The van der Waals surface area contributed by atoms with Crippen LogP contribution in [0.15, 0.2) is 54.7 Å². The molecule has 0 bridgehead atoms. The topological polar surface area (TPSA) is 100 Å². The minimum Gasteiger partial charge on any atom is -0.489 e. The van der Waals surface area contributed by atoms with Gasteiger partial charge in [-0.2, -0.15) is 0 Å². The molecule has 3 aromatic rings. The van der Waals surface area contributed by atoms with Gasteiger partial charge in [0.05, 0.1) is 17.7 Å². The minimum atomic E-state index is -0.941. The summed E-state index contributed by atoms with van der Waals surface area (Å²) in [7, 11) is 0. The Morgan fingerprint density at radius 2 is 1.81 bits per heavy atom. The van der Waals surface area contributed by atoms with Crippen LogP contribution in [0.1, 0.15) is 33.6 Å². The Kier molecular flexibility index (Phi) is 4.54.